The highest BCUT2D eigenvalue weighted by molar-refractivity contribution is 5.48. The van der Waals surface area contributed by atoms with Crippen molar-refractivity contribution in [1.29, 1.82) is 0 Å². The maximum Gasteiger partial charge on any atom is 0.0649 e. The van der Waals surface area contributed by atoms with Gasteiger partial charge in [-0.05, 0) is 37.6 Å². The third kappa shape index (κ3) is 0.909. The van der Waals surface area contributed by atoms with Crippen molar-refractivity contribution in [3.05, 3.63) is 35.7 Å². The molecule has 0 unspecified atom stereocenters. The van der Waals surface area contributed by atoms with Gasteiger partial charge < -0.3 is 0 Å². The number of rotatable bonds is 0. The summed E-state index contributed by atoms with van der Waals surface area (Å²) in [6, 6.07) is 6.20. The first-order chi connectivity index (χ1) is 5.27. The van der Waals surface area contributed by atoms with Gasteiger partial charge in [-0.25, -0.2) is 4.52 Å². The molecule has 11 heavy (non-hydrogen) atoms. The Labute approximate surface area is 65.5 Å². The zero-order chi connectivity index (χ0) is 7.84. The lowest BCUT2D eigenvalue weighted by Gasteiger charge is -1.99. The molecular formula is C9H10N2. The minimum absolute atomic E-state index is 1.09. The maximum absolute atomic E-state index is 4.35. The largest absolute Gasteiger partial charge is 0.241 e. The van der Waals surface area contributed by atoms with Gasteiger partial charge in [-0.1, -0.05) is 0 Å². The van der Waals surface area contributed by atoms with E-state index >= 15 is 0 Å². The molecule has 0 bridgehead atoms. The summed E-state index contributed by atoms with van der Waals surface area (Å²) in [5.41, 5.74) is 3.50. The quantitative estimate of drug-likeness (QED) is 0.555. The molecule has 0 N–H and O–H groups in total. The van der Waals surface area contributed by atoms with Gasteiger partial charge >= 0.3 is 0 Å². The summed E-state index contributed by atoms with van der Waals surface area (Å²) < 4.78 is 1.89. The third-order valence-electron chi connectivity index (χ3n) is 1.95. The normalized spacial score (nSPS) is 10.7. The van der Waals surface area contributed by atoms with E-state index in [0.717, 1.165) is 11.2 Å². The molecule has 0 atom stereocenters. The Hall–Kier alpha value is -1.31. The number of aryl methyl sites for hydroxylation is 2. The van der Waals surface area contributed by atoms with Gasteiger partial charge in [0.1, 0.15) is 0 Å². The highest BCUT2D eigenvalue weighted by atomic mass is 15.2. The Balaban J connectivity index is 2.86. The fourth-order valence-corrected chi connectivity index (χ4v) is 1.16. The average Bonchev–Trinajstić information content (AvgIpc) is 2.36. The molecule has 0 aliphatic heterocycles. The monoisotopic (exact) mass is 146 g/mol. The van der Waals surface area contributed by atoms with Crippen LogP contribution in [0.5, 0.6) is 0 Å². The van der Waals surface area contributed by atoms with Crippen LogP contribution in [0.2, 0.25) is 0 Å². The Morgan fingerprint density at radius 2 is 2.18 bits per heavy atom. The third-order valence-corrected chi connectivity index (χ3v) is 1.95. The predicted molar refractivity (Wildman–Crippen MR) is 44.7 cm³/mol. The molecule has 0 aliphatic rings. The summed E-state index contributed by atoms with van der Waals surface area (Å²) in [6.45, 7) is 4.10. The van der Waals surface area contributed by atoms with E-state index in [4.69, 9.17) is 0 Å². The molecule has 0 saturated heterocycles. The summed E-state index contributed by atoms with van der Waals surface area (Å²) in [6.07, 6.45) is 1.96. The fraction of sp³-hybridized carbons (Fsp3) is 0.222. The smallest absolute Gasteiger partial charge is 0.0649 e. The van der Waals surface area contributed by atoms with Crippen LogP contribution in [-0.2, 0) is 0 Å². The number of fused-ring (bicyclic) bond motifs is 1. The maximum atomic E-state index is 4.35. The topological polar surface area (TPSA) is 17.3 Å². The molecule has 2 aromatic heterocycles. The van der Waals surface area contributed by atoms with Crippen molar-refractivity contribution in [2.45, 2.75) is 13.8 Å². The van der Waals surface area contributed by atoms with Crippen LogP contribution < -0.4 is 0 Å². The Morgan fingerprint density at radius 3 is 3.00 bits per heavy atom. The SMILES string of the molecule is Cc1cc2cccn2nc1C. The van der Waals surface area contributed by atoms with Gasteiger partial charge in [-0.3, -0.25) is 0 Å². The Kier molecular flexibility index (Phi) is 1.22. The van der Waals surface area contributed by atoms with E-state index in [2.05, 4.69) is 24.2 Å². The number of hydrogen-bond acceptors (Lipinski definition) is 1. The average molecular weight is 146 g/mol. The minimum atomic E-state index is 1.09. The molecule has 0 spiro atoms. The molecule has 0 fully saturated rings. The first kappa shape index (κ1) is 6.40. The van der Waals surface area contributed by atoms with Crippen molar-refractivity contribution in [3.8, 4) is 0 Å². The van der Waals surface area contributed by atoms with Crippen molar-refractivity contribution in [1.82, 2.24) is 9.61 Å². The van der Waals surface area contributed by atoms with Crippen molar-refractivity contribution in [2.24, 2.45) is 0 Å². The van der Waals surface area contributed by atoms with Gasteiger partial charge in [-0.2, -0.15) is 5.10 Å². The lowest BCUT2D eigenvalue weighted by Crippen LogP contribution is -1.94. The van der Waals surface area contributed by atoms with Gasteiger partial charge in [0, 0.05) is 6.20 Å². The van der Waals surface area contributed by atoms with E-state index in [1.807, 2.05) is 23.7 Å². The fourth-order valence-electron chi connectivity index (χ4n) is 1.16. The number of aromatic nitrogens is 2. The van der Waals surface area contributed by atoms with Gasteiger partial charge in [0.2, 0.25) is 0 Å². The summed E-state index contributed by atoms with van der Waals surface area (Å²) in [5.74, 6) is 0. The molecule has 0 saturated carbocycles. The molecule has 56 valence electrons. The first-order valence-electron chi connectivity index (χ1n) is 3.69. The molecule has 2 rings (SSSR count). The Morgan fingerprint density at radius 1 is 1.36 bits per heavy atom. The molecule has 0 amide bonds. The zero-order valence-corrected chi connectivity index (χ0v) is 6.70. The molecule has 0 aliphatic carbocycles. The Bertz CT molecular complexity index is 351. The second kappa shape index (κ2) is 2.09. The zero-order valence-electron chi connectivity index (χ0n) is 6.70. The van der Waals surface area contributed by atoms with Crippen LogP contribution in [0.1, 0.15) is 11.3 Å². The summed E-state index contributed by atoms with van der Waals surface area (Å²) in [4.78, 5) is 0. The van der Waals surface area contributed by atoms with Gasteiger partial charge in [-0.15, -0.1) is 0 Å². The number of nitrogens with zero attached hydrogens (tertiary/aromatic N) is 2. The molecule has 2 heterocycles. The van der Waals surface area contributed by atoms with Crippen molar-refractivity contribution in [3.63, 3.8) is 0 Å². The minimum Gasteiger partial charge on any atom is -0.241 e. The van der Waals surface area contributed by atoms with E-state index in [9.17, 15) is 0 Å². The van der Waals surface area contributed by atoms with Crippen molar-refractivity contribution in [2.75, 3.05) is 0 Å². The predicted octanol–water partition coefficient (Wildman–Crippen LogP) is 1.95. The van der Waals surface area contributed by atoms with Crippen LogP contribution in [-0.4, -0.2) is 9.61 Å². The van der Waals surface area contributed by atoms with E-state index in [-0.39, 0.29) is 0 Å². The highest BCUT2D eigenvalue weighted by Crippen LogP contribution is 2.08. The second-order valence-electron chi connectivity index (χ2n) is 2.79. The van der Waals surface area contributed by atoms with Crippen LogP contribution in [0.3, 0.4) is 0 Å². The summed E-state index contributed by atoms with van der Waals surface area (Å²) in [5, 5.41) is 4.35. The standard InChI is InChI=1S/C9H10N2/c1-7-6-9-4-3-5-11(9)10-8(7)2/h3-6H,1-2H3. The van der Waals surface area contributed by atoms with Crippen molar-refractivity contribution < 1.29 is 0 Å². The highest BCUT2D eigenvalue weighted by Gasteiger charge is 1.96. The second-order valence-corrected chi connectivity index (χ2v) is 2.79. The summed E-state index contributed by atoms with van der Waals surface area (Å²) >= 11 is 0. The van der Waals surface area contributed by atoms with E-state index in [0.29, 0.717) is 0 Å². The van der Waals surface area contributed by atoms with Crippen LogP contribution in [0.25, 0.3) is 5.52 Å². The molecular weight excluding hydrogens is 136 g/mol. The van der Waals surface area contributed by atoms with Crippen LogP contribution in [0.4, 0.5) is 0 Å². The lowest BCUT2D eigenvalue weighted by atomic mass is 10.2. The number of hydrogen-bond donors (Lipinski definition) is 0. The van der Waals surface area contributed by atoms with Gasteiger partial charge in [0.15, 0.2) is 0 Å². The van der Waals surface area contributed by atoms with E-state index in [1.165, 1.54) is 5.56 Å². The van der Waals surface area contributed by atoms with Crippen LogP contribution in [0.15, 0.2) is 24.4 Å². The molecule has 2 heteroatoms. The molecule has 2 aromatic rings. The first-order valence-corrected chi connectivity index (χ1v) is 3.69. The van der Waals surface area contributed by atoms with Gasteiger partial charge in [0.05, 0.1) is 11.2 Å². The van der Waals surface area contributed by atoms with E-state index < -0.39 is 0 Å². The van der Waals surface area contributed by atoms with Crippen molar-refractivity contribution >= 4 is 5.52 Å². The lowest BCUT2D eigenvalue weighted by molar-refractivity contribution is 0.894. The van der Waals surface area contributed by atoms with Gasteiger partial charge in [0.25, 0.3) is 0 Å². The van der Waals surface area contributed by atoms with Crippen LogP contribution >= 0.6 is 0 Å². The molecule has 0 radical (unpaired) electrons. The molecule has 2 nitrogen and oxygen atoms in total. The summed E-state index contributed by atoms with van der Waals surface area (Å²) in [7, 11) is 0. The van der Waals surface area contributed by atoms with E-state index in [1.54, 1.807) is 0 Å². The van der Waals surface area contributed by atoms with Crippen LogP contribution in [0, 0.1) is 13.8 Å². The molecule has 0 aromatic carbocycles.